The molecule has 1 fully saturated rings. The van der Waals surface area contributed by atoms with Gasteiger partial charge in [-0.3, -0.25) is 4.79 Å². The highest BCUT2D eigenvalue weighted by Gasteiger charge is 2.31. The molecule has 2 atom stereocenters. The third-order valence-corrected chi connectivity index (χ3v) is 4.12. The fraction of sp³-hybridized carbons (Fsp3) is 0.500. The number of hydrogen-bond acceptors (Lipinski definition) is 4. The summed E-state index contributed by atoms with van der Waals surface area (Å²) in [7, 11) is 0. The minimum Gasteiger partial charge on any atom is -0.508 e. The van der Waals surface area contributed by atoms with Gasteiger partial charge < -0.3 is 20.6 Å². The largest absolute Gasteiger partial charge is 0.508 e. The van der Waals surface area contributed by atoms with Gasteiger partial charge in [0.15, 0.2) is 6.04 Å². The number of aromatic hydroxyl groups is 1. The van der Waals surface area contributed by atoms with Gasteiger partial charge in [-0.1, -0.05) is 31.4 Å². The van der Waals surface area contributed by atoms with Crippen molar-refractivity contribution in [2.24, 2.45) is 5.92 Å². The van der Waals surface area contributed by atoms with Crippen molar-refractivity contribution in [1.29, 1.82) is 0 Å². The number of carboxylic acid groups (broad SMARTS) is 1. The molecular weight excluding hydrogens is 286 g/mol. The Morgan fingerprint density at radius 1 is 1.09 bits per heavy atom. The quantitative estimate of drug-likeness (QED) is 0.660. The molecule has 2 rings (SSSR count). The molecule has 6 nitrogen and oxygen atoms in total. The fourth-order valence-electron chi connectivity index (χ4n) is 2.85. The van der Waals surface area contributed by atoms with Crippen LogP contribution in [-0.2, 0) is 9.59 Å². The summed E-state index contributed by atoms with van der Waals surface area (Å²) >= 11 is 0. The molecule has 1 amide bonds. The Bertz CT molecular complexity index is 522. The van der Waals surface area contributed by atoms with Crippen LogP contribution in [0.2, 0.25) is 0 Å². The lowest BCUT2D eigenvalue weighted by Gasteiger charge is -2.26. The van der Waals surface area contributed by atoms with E-state index in [2.05, 4.69) is 5.32 Å². The maximum absolute atomic E-state index is 12.1. The summed E-state index contributed by atoms with van der Waals surface area (Å²) < 4.78 is 0. The maximum Gasteiger partial charge on any atom is 0.330 e. The molecule has 0 saturated heterocycles. The van der Waals surface area contributed by atoms with E-state index in [9.17, 15) is 24.9 Å². The average molecular weight is 307 g/mol. The summed E-state index contributed by atoms with van der Waals surface area (Å²) in [5, 5.41) is 31.0. The van der Waals surface area contributed by atoms with Gasteiger partial charge in [0, 0.05) is 0 Å². The van der Waals surface area contributed by atoms with Crippen molar-refractivity contribution in [3.8, 4) is 5.75 Å². The third-order valence-electron chi connectivity index (χ3n) is 4.12. The van der Waals surface area contributed by atoms with Crippen LogP contribution in [0, 0.1) is 5.92 Å². The van der Waals surface area contributed by atoms with Gasteiger partial charge >= 0.3 is 5.97 Å². The van der Waals surface area contributed by atoms with E-state index in [1.165, 1.54) is 24.3 Å². The number of aliphatic hydroxyl groups excluding tert-OH is 1. The van der Waals surface area contributed by atoms with Crippen LogP contribution in [0.3, 0.4) is 0 Å². The topological polar surface area (TPSA) is 107 Å². The Kier molecular flexibility index (Phi) is 5.38. The van der Waals surface area contributed by atoms with Crippen molar-refractivity contribution < 1.29 is 24.9 Å². The standard InChI is InChI=1S/C16H21NO5/c18-12-8-6-10(7-9-12)13(16(21)22)17-15(20)14(19)11-4-2-1-3-5-11/h6-9,11,13-14,18-19H,1-5H2,(H,17,20)(H,21,22)/t13-,14-/m1/s1. The van der Waals surface area contributed by atoms with Gasteiger partial charge in [-0.05, 0) is 36.5 Å². The predicted molar refractivity (Wildman–Crippen MR) is 79.2 cm³/mol. The van der Waals surface area contributed by atoms with Gasteiger partial charge in [-0.25, -0.2) is 4.79 Å². The summed E-state index contributed by atoms with van der Waals surface area (Å²) in [5.41, 5.74) is 0.342. The van der Waals surface area contributed by atoms with Gasteiger partial charge in [0.2, 0.25) is 5.91 Å². The second kappa shape index (κ2) is 7.26. The second-order valence-corrected chi connectivity index (χ2v) is 5.71. The number of phenols is 1. The minimum absolute atomic E-state index is 0.0152. The predicted octanol–water partition coefficient (Wildman–Crippen LogP) is 1.58. The number of carbonyl (C=O) groups is 2. The summed E-state index contributed by atoms with van der Waals surface area (Å²) in [5.74, 6) is -1.97. The molecule has 1 aromatic carbocycles. The highest BCUT2D eigenvalue weighted by molar-refractivity contribution is 5.87. The molecule has 1 aliphatic carbocycles. The lowest BCUT2D eigenvalue weighted by molar-refractivity contribution is -0.144. The molecule has 0 radical (unpaired) electrons. The number of rotatable bonds is 5. The van der Waals surface area contributed by atoms with E-state index in [4.69, 9.17) is 0 Å². The fourth-order valence-corrected chi connectivity index (χ4v) is 2.85. The molecule has 0 unspecified atom stereocenters. The van der Waals surface area contributed by atoms with Crippen LogP contribution in [-0.4, -0.2) is 33.3 Å². The summed E-state index contributed by atoms with van der Waals surface area (Å²) in [6.07, 6.45) is 3.46. The van der Waals surface area contributed by atoms with E-state index < -0.39 is 24.0 Å². The highest BCUT2D eigenvalue weighted by atomic mass is 16.4. The first-order valence-electron chi connectivity index (χ1n) is 7.49. The van der Waals surface area contributed by atoms with Crippen molar-refractivity contribution in [2.75, 3.05) is 0 Å². The number of carboxylic acids is 1. The van der Waals surface area contributed by atoms with E-state index in [-0.39, 0.29) is 11.7 Å². The highest BCUT2D eigenvalue weighted by Crippen LogP contribution is 2.27. The van der Waals surface area contributed by atoms with E-state index in [0.29, 0.717) is 5.56 Å². The first-order chi connectivity index (χ1) is 10.5. The zero-order valence-corrected chi connectivity index (χ0v) is 12.2. The number of carbonyl (C=O) groups excluding carboxylic acids is 1. The van der Waals surface area contributed by atoms with E-state index in [0.717, 1.165) is 32.1 Å². The molecule has 0 aromatic heterocycles. The SMILES string of the molecule is O=C(O)[C@H](NC(=O)[C@H](O)C1CCCCC1)c1ccc(O)cc1. The first kappa shape index (κ1) is 16.3. The van der Waals surface area contributed by atoms with Gasteiger partial charge in [0.25, 0.3) is 0 Å². The van der Waals surface area contributed by atoms with Crippen LogP contribution in [0.1, 0.15) is 43.7 Å². The van der Waals surface area contributed by atoms with E-state index in [1.807, 2.05) is 0 Å². The molecule has 1 aliphatic rings. The Morgan fingerprint density at radius 3 is 2.23 bits per heavy atom. The molecule has 0 bridgehead atoms. The van der Waals surface area contributed by atoms with Crippen LogP contribution in [0.4, 0.5) is 0 Å². The van der Waals surface area contributed by atoms with Crippen molar-refractivity contribution in [1.82, 2.24) is 5.32 Å². The van der Waals surface area contributed by atoms with Gasteiger partial charge in [-0.15, -0.1) is 0 Å². The van der Waals surface area contributed by atoms with Crippen LogP contribution in [0.15, 0.2) is 24.3 Å². The lowest BCUT2D eigenvalue weighted by Crippen LogP contribution is -2.43. The average Bonchev–Trinajstić information content (AvgIpc) is 2.53. The number of hydrogen-bond donors (Lipinski definition) is 4. The van der Waals surface area contributed by atoms with Crippen LogP contribution in [0.5, 0.6) is 5.75 Å². The monoisotopic (exact) mass is 307 g/mol. The number of aliphatic carboxylic acids is 1. The normalized spacial score (nSPS) is 18.4. The van der Waals surface area contributed by atoms with E-state index >= 15 is 0 Å². The van der Waals surface area contributed by atoms with Crippen molar-refractivity contribution >= 4 is 11.9 Å². The number of nitrogens with one attached hydrogen (secondary N) is 1. The zero-order valence-electron chi connectivity index (χ0n) is 12.2. The lowest BCUT2D eigenvalue weighted by atomic mass is 9.85. The molecule has 22 heavy (non-hydrogen) atoms. The molecule has 0 spiro atoms. The molecule has 120 valence electrons. The second-order valence-electron chi connectivity index (χ2n) is 5.71. The van der Waals surface area contributed by atoms with Crippen molar-refractivity contribution in [3.05, 3.63) is 29.8 Å². The Hall–Kier alpha value is -2.08. The molecule has 1 saturated carbocycles. The smallest absolute Gasteiger partial charge is 0.330 e. The van der Waals surface area contributed by atoms with E-state index in [1.54, 1.807) is 0 Å². The van der Waals surface area contributed by atoms with Crippen LogP contribution >= 0.6 is 0 Å². The molecular formula is C16H21NO5. The number of amides is 1. The summed E-state index contributed by atoms with van der Waals surface area (Å²) in [6.45, 7) is 0. The Labute approximate surface area is 128 Å². The summed E-state index contributed by atoms with van der Waals surface area (Å²) in [4.78, 5) is 23.5. The van der Waals surface area contributed by atoms with Gasteiger partial charge in [0.1, 0.15) is 11.9 Å². The number of benzene rings is 1. The van der Waals surface area contributed by atoms with Gasteiger partial charge in [-0.2, -0.15) is 0 Å². The third kappa shape index (κ3) is 3.98. The first-order valence-corrected chi connectivity index (χ1v) is 7.49. The van der Waals surface area contributed by atoms with Gasteiger partial charge in [0.05, 0.1) is 0 Å². The summed E-state index contributed by atoms with van der Waals surface area (Å²) in [6, 6.07) is 4.33. The minimum atomic E-state index is -1.24. The molecule has 1 aromatic rings. The maximum atomic E-state index is 12.1. The van der Waals surface area contributed by atoms with Crippen molar-refractivity contribution in [3.63, 3.8) is 0 Å². The van der Waals surface area contributed by atoms with Crippen LogP contribution < -0.4 is 5.32 Å². The molecule has 0 aliphatic heterocycles. The Morgan fingerprint density at radius 2 is 1.68 bits per heavy atom. The Balaban J connectivity index is 2.05. The number of phenolic OH excluding ortho intramolecular Hbond substituents is 1. The van der Waals surface area contributed by atoms with Crippen molar-refractivity contribution in [2.45, 2.75) is 44.2 Å². The van der Waals surface area contributed by atoms with Crippen LogP contribution in [0.25, 0.3) is 0 Å². The molecule has 6 heteroatoms. The number of aliphatic hydroxyl groups is 1. The molecule has 4 N–H and O–H groups in total. The zero-order chi connectivity index (χ0) is 16.1. The molecule has 0 heterocycles.